The van der Waals surface area contributed by atoms with Crippen LogP contribution in [0.4, 0.5) is 4.79 Å². The Kier molecular flexibility index (Phi) is 8.18. The summed E-state index contributed by atoms with van der Waals surface area (Å²) in [6.45, 7) is -0.0684. The van der Waals surface area contributed by atoms with E-state index in [1.807, 2.05) is 6.07 Å². The van der Waals surface area contributed by atoms with E-state index in [-0.39, 0.29) is 24.7 Å². The van der Waals surface area contributed by atoms with Crippen LogP contribution in [0.3, 0.4) is 0 Å². The summed E-state index contributed by atoms with van der Waals surface area (Å²) >= 11 is 4.20. The predicted octanol–water partition coefficient (Wildman–Crippen LogP) is 4.12. The number of para-hydroxylation sites is 2. The van der Waals surface area contributed by atoms with Crippen molar-refractivity contribution in [3.63, 3.8) is 0 Å². The molecule has 1 fully saturated rings. The van der Waals surface area contributed by atoms with Gasteiger partial charge in [0, 0.05) is 10.0 Å². The minimum atomic E-state index is -0.533. The lowest BCUT2D eigenvalue weighted by molar-refractivity contribution is -0.142. The Morgan fingerprint density at radius 2 is 1.81 bits per heavy atom. The zero-order chi connectivity index (χ0) is 23.1. The lowest BCUT2D eigenvalue weighted by Crippen LogP contribution is -2.32. The summed E-state index contributed by atoms with van der Waals surface area (Å²) < 4.78 is 21.7. The van der Waals surface area contributed by atoms with Crippen LogP contribution in [0.5, 0.6) is 17.2 Å². The van der Waals surface area contributed by atoms with Gasteiger partial charge < -0.3 is 18.9 Å². The first kappa shape index (κ1) is 23.7. The number of nitrogens with zero attached hydrogens (tertiary/aromatic N) is 1. The topological polar surface area (TPSA) is 91.4 Å². The molecule has 0 atom stereocenters. The van der Waals surface area contributed by atoms with Crippen LogP contribution < -0.4 is 14.2 Å². The molecule has 0 aliphatic carbocycles. The molecule has 2 amide bonds. The Balaban J connectivity index is 1.70. The minimum absolute atomic E-state index is 0.0875. The number of carbonyl (C=O) groups excluding carboxylic acids is 3. The normalized spacial score (nSPS) is 14.6. The number of esters is 1. The molecule has 8 nitrogen and oxygen atoms in total. The van der Waals surface area contributed by atoms with Crippen LogP contribution >= 0.6 is 27.7 Å². The van der Waals surface area contributed by atoms with Crippen molar-refractivity contribution in [2.24, 2.45) is 0 Å². The van der Waals surface area contributed by atoms with E-state index in [0.29, 0.717) is 22.8 Å². The molecule has 0 unspecified atom stereocenters. The zero-order valence-electron chi connectivity index (χ0n) is 17.3. The van der Waals surface area contributed by atoms with Gasteiger partial charge in [-0.2, -0.15) is 0 Å². The Labute approximate surface area is 197 Å². The minimum Gasteiger partial charge on any atom is -0.493 e. The number of rotatable bonds is 9. The molecule has 0 aromatic heterocycles. The number of thioether (sulfide) groups is 1. The van der Waals surface area contributed by atoms with E-state index in [9.17, 15) is 14.4 Å². The average Bonchev–Trinajstić information content (AvgIpc) is 3.05. The van der Waals surface area contributed by atoms with E-state index < -0.39 is 17.1 Å². The lowest BCUT2D eigenvalue weighted by atomic mass is 10.2. The molecule has 32 heavy (non-hydrogen) atoms. The lowest BCUT2D eigenvalue weighted by Gasteiger charge is -2.14. The summed E-state index contributed by atoms with van der Waals surface area (Å²) in [5, 5.41) is -0.392. The van der Waals surface area contributed by atoms with Gasteiger partial charge in [0.05, 0.1) is 25.7 Å². The van der Waals surface area contributed by atoms with Crippen LogP contribution in [0.15, 0.2) is 51.8 Å². The number of amides is 2. The first-order valence-electron chi connectivity index (χ1n) is 9.43. The van der Waals surface area contributed by atoms with Gasteiger partial charge in [0.2, 0.25) is 0 Å². The highest BCUT2D eigenvalue weighted by Gasteiger charge is 2.35. The Morgan fingerprint density at radius 3 is 2.53 bits per heavy atom. The van der Waals surface area contributed by atoms with Crippen LogP contribution in [0.2, 0.25) is 0 Å². The molecular formula is C22H20BrNO7S. The highest BCUT2D eigenvalue weighted by atomic mass is 79.9. The molecule has 0 saturated carbocycles. The summed E-state index contributed by atoms with van der Waals surface area (Å²) in [5.74, 6) is 0.511. The van der Waals surface area contributed by atoms with Gasteiger partial charge in [0.15, 0.2) is 18.1 Å². The SMILES string of the molecule is COC(=O)COc1ccc(Br)cc1/C=C1\SC(=O)N(CCOc2ccccc2OC)C1=O. The molecule has 1 heterocycles. The van der Waals surface area contributed by atoms with Gasteiger partial charge in [-0.25, -0.2) is 4.79 Å². The van der Waals surface area contributed by atoms with Crippen molar-refractivity contribution >= 4 is 50.9 Å². The van der Waals surface area contributed by atoms with Crippen molar-refractivity contribution < 1.29 is 33.3 Å². The smallest absolute Gasteiger partial charge is 0.343 e. The van der Waals surface area contributed by atoms with E-state index in [1.54, 1.807) is 42.5 Å². The third-order valence-electron chi connectivity index (χ3n) is 4.35. The Bertz CT molecular complexity index is 1060. The van der Waals surface area contributed by atoms with Crippen molar-refractivity contribution in [3.05, 3.63) is 57.4 Å². The van der Waals surface area contributed by atoms with Gasteiger partial charge in [-0.3, -0.25) is 14.5 Å². The Hall–Kier alpha value is -2.98. The molecule has 168 valence electrons. The standard InChI is InChI=1S/C22H20BrNO7S/c1-28-17-5-3-4-6-18(17)30-10-9-24-21(26)19(32-22(24)27)12-14-11-15(23)7-8-16(14)31-13-20(25)29-2/h3-8,11-12H,9-10,13H2,1-2H3/b19-12-. The van der Waals surface area contributed by atoms with Gasteiger partial charge in [0.25, 0.3) is 11.1 Å². The van der Waals surface area contributed by atoms with E-state index >= 15 is 0 Å². The third-order valence-corrected chi connectivity index (χ3v) is 5.75. The second-order valence-corrected chi connectivity index (χ2v) is 8.29. The first-order valence-corrected chi connectivity index (χ1v) is 11.0. The van der Waals surface area contributed by atoms with Crippen LogP contribution in [0, 0.1) is 0 Å². The monoisotopic (exact) mass is 521 g/mol. The number of hydrogen-bond donors (Lipinski definition) is 0. The molecule has 0 spiro atoms. The fraction of sp³-hybridized carbons (Fsp3) is 0.227. The van der Waals surface area contributed by atoms with E-state index in [0.717, 1.165) is 21.1 Å². The second-order valence-electron chi connectivity index (χ2n) is 6.38. The summed E-state index contributed by atoms with van der Waals surface area (Å²) in [6.07, 6.45) is 1.56. The number of methoxy groups -OCH3 is 2. The largest absolute Gasteiger partial charge is 0.493 e. The first-order chi connectivity index (χ1) is 15.4. The molecule has 0 bridgehead atoms. The highest BCUT2D eigenvalue weighted by Crippen LogP contribution is 2.35. The third kappa shape index (κ3) is 5.83. The summed E-state index contributed by atoms with van der Waals surface area (Å²) in [6, 6.07) is 12.3. The van der Waals surface area contributed by atoms with Gasteiger partial charge >= 0.3 is 5.97 Å². The van der Waals surface area contributed by atoms with E-state index in [1.165, 1.54) is 14.2 Å². The van der Waals surface area contributed by atoms with Crippen molar-refractivity contribution in [1.82, 2.24) is 4.90 Å². The van der Waals surface area contributed by atoms with Crippen LogP contribution in [-0.2, 0) is 14.3 Å². The van der Waals surface area contributed by atoms with Crippen molar-refractivity contribution in [2.45, 2.75) is 0 Å². The van der Waals surface area contributed by atoms with Gasteiger partial charge in [0.1, 0.15) is 12.4 Å². The highest BCUT2D eigenvalue weighted by molar-refractivity contribution is 9.10. The van der Waals surface area contributed by atoms with Crippen molar-refractivity contribution in [1.29, 1.82) is 0 Å². The molecule has 10 heteroatoms. The quantitative estimate of drug-likeness (QED) is 0.359. The molecule has 2 aromatic carbocycles. The van der Waals surface area contributed by atoms with Gasteiger partial charge in [-0.15, -0.1) is 0 Å². The van der Waals surface area contributed by atoms with Crippen molar-refractivity contribution in [2.75, 3.05) is 34.0 Å². The van der Waals surface area contributed by atoms with E-state index in [4.69, 9.17) is 14.2 Å². The number of halogens is 1. The number of hydrogen-bond acceptors (Lipinski definition) is 8. The molecule has 0 radical (unpaired) electrons. The predicted molar refractivity (Wildman–Crippen MR) is 123 cm³/mol. The second kappa shape index (κ2) is 11.1. The molecule has 1 aliphatic heterocycles. The van der Waals surface area contributed by atoms with Gasteiger partial charge in [-0.1, -0.05) is 28.1 Å². The van der Waals surface area contributed by atoms with Gasteiger partial charge in [-0.05, 0) is 48.2 Å². The van der Waals surface area contributed by atoms with Crippen molar-refractivity contribution in [3.8, 4) is 17.2 Å². The average molecular weight is 522 g/mol. The van der Waals surface area contributed by atoms with Crippen LogP contribution in [0.1, 0.15) is 5.56 Å². The summed E-state index contributed by atoms with van der Waals surface area (Å²) in [4.78, 5) is 38.0. The number of carbonyl (C=O) groups is 3. The maximum atomic E-state index is 12.8. The number of benzene rings is 2. The molecular weight excluding hydrogens is 502 g/mol. The number of imide groups is 1. The fourth-order valence-electron chi connectivity index (χ4n) is 2.78. The Morgan fingerprint density at radius 1 is 1.06 bits per heavy atom. The number of ether oxygens (including phenoxy) is 4. The molecule has 0 N–H and O–H groups in total. The maximum Gasteiger partial charge on any atom is 0.343 e. The molecule has 2 aromatic rings. The molecule has 1 saturated heterocycles. The van der Waals surface area contributed by atoms with Crippen LogP contribution in [0.25, 0.3) is 6.08 Å². The zero-order valence-corrected chi connectivity index (χ0v) is 19.7. The fourth-order valence-corrected chi connectivity index (χ4v) is 4.01. The van der Waals surface area contributed by atoms with Crippen LogP contribution in [-0.4, -0.2) is 56.0 Å². The molecule has 1 aliphatic rings. The maximum absolute atomic E-state index is 12.8. The molecule has 3 rings (SSSR count). The van der Waals surface area contributed by atoms with E-state index in [2.05, 4.69) is 20.7 Å². The summed E-state index contributed by atoms with van der Waals surface area (Å²) in [7, 11) is 2.80. The summed E-state index contributed by atoms with van der Waals surface area (Å²) in [5.41, 5.74) is 0.541.